The van der Waals surface area contributed by atoms with E-state index in [0.29, 0.717) is 17.5 Å². The Hall–Kier alpha value is -1.72. The number of para-hydroxylation sites is 1. The molecule has 0 radical (unpaired) electrons. The molecule has 3 atom stereocenters. The molecule has 4 rings (SSSR count). The zero-order valence-corrected chi connectivity index (χ0v) is 14.7. The summed E-state index contributed by atoms with van der Waals surface area (Å²) in [6, 6.07) is 6.69. The Morgan fingerprint density at radius 2 is 2.16 bits per heavy atom. The summed E-state index contributed by atoms with van der Waals surface area (Å²) in [4.78, 5) is 2.42. The molecule has 0 unspecified atom stereocenters. The fourth-order valence-corrected chi connectivity index (χ4v) is 4.75. The van der Waals surface area contributed by atoms with Gasteiger partial charge in [0.15, 0.2) is 0 Å². The lowest BCUT2D eigenvalue weighted by Crippen LogP contribution is -2.44. The van der Waals surface area contributed by atoms with Gasteiger partial charge in [-0.05, 0) is 37.3 Å². The van der Waals surface area contributed by atoms with E-state index >= 15 is 0 Å². The van der Waals surface area contributed by atoms with Crippen LogP contribution < -0.4 is 0 Å². The second-order valence-corrected chi connectivity index (χ2v) is 7.65. The minimum Gasteiger partial charge on any atom is -0.390 e. The number of rotatable bonds is 4. The number of aromatic nitrogens is 2. The second-order valence-electron chi connectivity index (χ2n) is 7.65. The average Bonchev–Trinajstić information content (AvgIpc) is 3.23. The van der Waals surface area contributed by atoms with Crippen LogP contribution in [-0.4, -0.2) is 38.5 Å². The van der Waals surface area contributed by atoms with Crippen LogP contribution in [-0.2, 0) is 6.54 Å². The highest BCUT2D eigenvalue weighted by atomic mass is 19.1. The topological polar surface area (TPSA) is 41.3 Å². The monoisotopic (exact) mass is 343 g/mol. The van der Waals surface area contributed by atoms with E-state index in [4.69, 9.17) is 0 Å². The van der Waals surface area contributed by atoms with Crippen LogP contribution in [0.3, 0.4) is 0 Å². The van der Waals surface area contributed by atoms with E-state index in [1.54, 1.807) is 16.8 Å². The van der Waals surface area contributed by atoms with Gasteiger partial charge >= 0.3 is 0 Å². The third kappa shape index (κ3) is 3.11. The van der Waals surface area contributed by atoms with Crippen LogP contribution in [0.2, 0.25) is 0 Å². The lowest BCUT2D eigenvalue weighted by molar-refractivity contribution is -0.0613. The summed E-state index contributed by atoms with van der Waals surface area (Å²) in [5.74, 6) is 0.713. The van der Waals surface area contributed by atoms with Crippen molar-refractivity contribution in [2.45, 2.75) is 44.8 Å². The lowest BCUT2D eigenvalue weighted by atomic mass is 9.69. The summed E-state index contributed by atoms with van der Waals surface area (Å²) >= 11 is 0. The van der Waals surface area contributed by atoms with E-state index in [1.807, 2.05) is 18.5 Å². The zero-order chi connectivity index (χ0) is 17.4. The minimum absolute atomic E-state index is 0.266. The van der Waals surface area contributed by atoms with Gasteiger partial charge in [-0.15, -0.1) is 0 Å². The van der Waals surface area contributed by atoms with Crippen molar-refractivity contribution in [3.63, 3.8) is 0 Å². The highest BCUT2D eigenvalue weighted by molar-refractivity contribution is 5.32. The Morgan fingerprint density at radius 3 is 2.96 bits per heavy atom. The summed E-state index contributed by atoms with van der Waals surface area (Å²) in [5.41, 5.74) is 1.07. The third-order valence-electron chi connectivity index (χ3n) is 6.15. The molecular formula is C20H26FN3O. The van der Waals surface area contributed by atoms with Gasteiger partial charge in [0.25, 0.3) is 0 Å². The maximum Gasteiger partial charge on any atom is 0.148 e. The lowest BCUT2D eigenvalue weighted by Gasteiger charge is -2.40. The summed E-state index contributed by atoms with van der Waals surface area (Å²) in [5, 5.41) is 15.3. The molecule has 0 spiro atoms. The van der Waals surface area contributed by atoms with Crippen molar-refractivity contribution in [2.24, 2.45) is 11.8 Å². The molecule has 1 aliphatic carbocycles. The van der Waals surface area contributed by atoms with E-state index < -0.39 is 5.60 Å². The third-order valence-corrected chi connectivity index (χ3v) is 6.15. The number of hydrogen-bond acceptors (Lipinski definition) is 3. The van der Waals surface area contributed by atoms with Gasteiger partial charge in [0.05, 0.1) is 11.8 Å². The molecule has 1 saturated carbocycles. The summed E-state index contributed by atoms with van der Waals surface area (Å²) in [7, 11) is 0. The van der Waals surface area contributed by atoms with Crippen LogP contribution >= 0.6 is 0 Å². The SMILES string of the molecule is CC[C@]1(O)CCC[C@H]2CN(Cc3cnn(-c4ccccc4F)c3)C[C@H]21. The van der Waals surface area contributed by atoms with Crippen LogP contribution in [0, 0.1) is 17.7 Å². The Balaban J connectivity index is 1.46. The molecule has 2 aromatic rings. The Bertz CT molecular complexity index is 746. The van der Waals surface area contributed by atoms with Crippen LogP contribution in [0.15, 0.2) is 36.7 Å². The largest absolute Gasteiger partial charge is 0.390 e. The highest BCUT2D eigenvalue weighted by Gasteiger charge is 2.47. The Labute approximate surface area is 148 Å². The maximum absolute atomic E-state index is 13.9. The molecule has 0 amide bonds. The fraction of sp³-hybridized carbons (Fsp3) is 0.550. The summed E-state index contributed by atoms with van der Waals surface area (Å²) < 4.78 is 15.5. The first-order chi connectivity index (χ1) is 12.1. The van der Waals surface area contributed by atoms with Crippen LogP contribution in [0.4, 0.5) is 4.39 Å². The summed E-state index contributed by atoms with van der Waals surface area (Å²) in [6.07, 6.45) is 7.85. The van der Waals surface area contributed by atoms with Crippen molar-refractivity contribution in [1.29, 1.82) is 0 Å². The van der Waals surface area contributed by atoms with Gasteiger partial charge in [0, 0.05) is 37.3 Å². The molecule has 1 saturated heterocycles. The van der Waals surface area contributed by atoms with Gasteiger partial charge in [-0.3, -0.25) is 4.90 Å². The normalized spacial score (nSPS) is 29.7. The van der Waals surface area contributed by atoms with E-state index in [9.17, 15) is 9.50 Å². The summed E-state index contributed by atoms with van der Waals surface area (Å²) in [6.45, 7) is 4.89. The van der Waals surface area contributed by atoms with Gasteiger partial charge < -0.3 is 5.11 Å². The van der Waals surface area contributed by atoms with Crippen LogP contribution in [0.5, 0.6) is 0 Å². The van der Waals surface area contributed by atoms with Crippen molar-refractivity contribution < 1.29 is 9.50 Å². The number of fused-ring (bicyclic) bond motifs is 1. The predicted octanol–water partition coefficient (Wildman–Crippen LogP) is 3.38. The Morgan fingerprint density at radius 1 is 1.32 bits per heavy atom. The van der Waals surface area contributed by atoms with Gasteiger partial charge in [-0.25, -0.2) is 9.07 Å². The smallest absolute Gasteiger partial charge is 0.148 e. The minimum atomic E-state index is -0.491. The first-order valence-corrected chi connectivity index (χ1v) is 9.32. The van der Waals surface area contributed by atoms with Gasteiger partial charge in [-0.2, -0.15) is 5.10 Å². The van der Waals surface area contributed by atoms with Crippen molar-refractivity contribution in [3.05, 3.63) is 48.0 Å². The number of halogens is 1. The number of benzene rings is 1. The van der Waals surface area contributed by atoms with Crippen molar-refractivity contribution >= 4 is 0 Å². The molecule has 2 fully saturated rings. The first kappa shape index (κ1) is 16.7. The van der Waals surface area contributed by atoms with Crippen molar-refractivity contribution in [1.82, 2.24) is 14.7 Å². The molecule has 4 nitrogen and oxygen atoms in total. The number of nitrogens with zero attached hydrogens (tertiary/aromatic N) is 3. The molecule has 1 aromatic carbocycles. The highest BCUT2D eigenvalue weighted by Crippen LogP contribution is 2.44. The second kappa shape index (κ2) is 6.54. The fourth-order valence-electron chi connectivity index (χ4n) is 4.75. The maximum atomic E-state index is 13.9. The molecular weight excluding hydrogens is 317 g/mol. The quantitative estimate of drug-likeness (QED) is 0.925. The average molecular weight is 343 g/mol. The molecule has 0 bridgehead atoms. The van der Waals surface area contributed by atoms with E-state index in [-0.39, 0.29) is 5.82 Å². The molecule has 25 heavy (non-hydrogen) atoms. The number of hydrogen-bond donors (Lipinski definition) is 1. The molecule has 2 aliphatic rings. The van der Waals surface area contributed by atoms with Crippen molar-refractivity contribution in [3.8, 4) is 5.69 Å². The number of aliphatic hydroxyl groups is 1. The molecule has 1 N–H and O–H groups in total. The molecule has 134 valence electrons. The van der Waals surface area contributed by atoms with Gasteiger partial charge in [0.2, 0.25) is 0 Å². The van der Waals surface area contributed by atoms with Gasteiger partial charge in [-0.1, -0.05) is 25.5 Å². The Kier molecular flexibility index (Phi) is 4.38. The van der Waals surface area contributed by atoms with E-state index in [1.165, 1.54) is 12.5 Å². The predicted molar refractivity (Wildman–Crippen MR) is 94.9 cm³/mol. The standard InChI is InChI=1S/C20H26FN3O/c1-2-20(25)9-5-6-16-13-23(14-17(16)20)11-15-10-22-24(12-15)19-8-4-3-7-18(19)21/h3-4,7-8,10,12,16-17,25H,2,5-6,9,11,13-14H2,1H3/t16-,17+,20-/m0/s1. The van der Waals surface area contributed by atoms with Gasteiger partial charge in [0.1, 0.15) is 11.5 Å². The number of likely N-dealkylation sites (tertiary alicyclic amines) is 1. The molecule has 1 aromatic heterocycles. The van der Waals surface area contributed by atoms with Crippen LogP contribution in [0.1, 0.15) is 38.2 Å². The van der Waals surface area contributed by atoms with E-state index in [0.717, 1.165) is 44.5 Å². The molecule has 5 heteroatoms. The van der Waals surface area contributed by atoms with E-state index in [2.05, 4.69) is 16.9 Å². The molecule has 1 aliphatic heterocycles. The van der Waals surface area contributed by atoms with Crippen molar-refractivity contribution in [2.75, 3.05) is 13.1 Å². The first-order valence-electron chi connectivity index (χ1n) is 9.32. The zero-order valence-electron chi connectivity index (χ0n) is 14.7. The molecule has 2 heterocycles. The van der Waals surface area contributed by atoms with Crippen LogP contribution in [0.25, 0.3) is 5.69 Å².